The molecule has 18 heavy (non-hydrogen) atoms. The van der Waals surface area contributed by atoms with Crippen molar-refractivity contribution in [1.82, 2.24) is 5.32 Å². The van der Waals surface area contributed by atoms with Crippen LogP contribution in [0, 0.1) is 5.92 Å². The van der Waals surface area contributed by atoms with Gasteiger partial charge in [-0.1, -0.05) is 39.0 Å². The molecule has 0 spiro atoms. The van der Waals surface area contributed by atoms with E-state index in [2.05, 4.69) is 18.3 Å². The van der Waals surface area contributed by atoms with Crippen LogP contribution in [0.25, 0.3) is 0 Å². The first-order valence-electron chi connectivity index (χ1n) is 7.64. The van der Waals surface area contributed by atoms with Crippen molar-refractivity contribution in [2.45, 2.75) is 64.3 Å². The molecule has 1 fully saturated rings. The Morgan fingerprint density at radius 1 is 1.22 bits per heavy atom. The maximum Gasteiger partial charge on any atom is 0.0935 e. The highest BCUT2D eigenvalue weighted by molar-refractivity contribution is 5.08. The molecule has 0 amide bonds. The molecule has 1 aliphatic carbocycles. The quantitative estimate of drug-likeness (QED) is 0.847. The van der Waals surface area contributed by atoms with E-state index in [1.807, 2.05) is 6.26 Å². The summed E-state index contributed by atoms with van der Waals surface area (Å²) in [4.78, 5) is 0. The van der Waals surface area contributed by atoms with Crippen LogP contribution in [0.15, 0.2) is 23.0 Å². The van der Waals surface area contributed by atoms with Gasteiger partial charge in [0.15, 0.2) is 0 Å². The molecular formula is C16H27NO. The van der Waals surface area contributed by atoms with E-state index in [1.165, 1.54) is 50.5 Å². The number of hydrogen-bond donors (Lipinski definition) is 1. The van der Waals surface area contributed by atoms with E-state index >= 15 is 0 Å². The highest BCUT2D eigenvalue weighted by atomic mass is 16.3. The van der Waals surface area contributed by atoms with Gasteiger partial charge >= 0.3 is 0 Å². The summed E-state index contributed by atoms with van der Waals surface area (Å²) in [7, 11) is 0. The molecule has 1 saturated carbocycles. The Labute approximate surface area is 111 Å². The van der Waals surface area contributed by atoms with Crippen molar-refractivity contribution in [3.8, 4) is 0 Å². The second-order valence-electron chi connectivity index (χ2n) is 5.61. The molecule has 1 unspecified atom stereocenters. The molecule has 0 aliphatic heterocycles. The van der Waals surface area contributed by atoms with Crippen LogP contribution in [0.1, 0.15) is 57.4 Å². The maximum atomic E-state index is 5.20. The largest absolute Gasteiger partial charge is 0.472 e. The summed E-state index contributed by atoms with van der Waals surface area (Å²) >= 11 is 0. The first-order valence-corrected chi connectivity index (χ1v) is 7.64. The average molecular weight is 249 g/mol. The van der Waals surface area contributed by atoms with Gasteiger partial charge in [-0.2, -0.15) is 0 Å². The molecule has 1 aliphatic rings. The topological polar surface area (TPSA) is 25.2 Å². The molecule has 1 aromatic heterocycles. The lowest BCUT2D eigenvalue weighted by Crippen LogP contribution is -2.38. The van der Waals surface area contributed by atoms with Crippen LogP contribution in [-0.2, 0) is 6.42 Å². The number of nitrogens with one attached hydrogen (secondary N) is 1. The summed E-state index contributed by atoms with van der Waals surface area (Å²) in [5.74, 6) is 0.847. The van der Waals surface area contributed by atoms with Gasteiger partial charge in [-0.15, -0.1) is 0 Å². The lowest BCUT2D eigenvalue weighted by molar-refractivity contribution is 0.285. The fraction of sp³-hybridized carbons (Fsp3) is 0.750. The van der Waals surface area contributed by atoms with Crippen molar-refractivity contribution in [2.75, 3.05) is 6.54 Å². The van der Waals surface area contributed by atoms with E-state index in [4.69, 9.17) is 4.42 Å². The Bertz CT molecular complexity index is 299. The SMILES string of the molecule is CCNC(Cc1ccoc1)C1CCCCCCC1. The summed E-state index contributed by atoms with van der Waals surface area (Å²) in [6.07, 6.45) is 14.7. The Hall–Kier alpha value is -0.760. The van der Waals surface area contributed by atoms with Crippen molar-refractivity contribution in [1.29, 1.82) is 0 Å². The Balaban J connectivity index is 1.93. The molecule has 0 bridgehead atoms. The van der Waals surface area contributed by atoms with Gasteiger partial charge in [0.05, 0.1) is 12.5 Å². The van der Waals surface area contributed by atoms with E-state index in [9.17, 15) is 0 Å². The molecule has 1 heterocycles. The first kappa shape index (κ1) is 13.7. The van der Waals surface area contributed by atoms with E-state index in [0.717, 1.165) is 18.9 Å². The van der Waals surface area contributed by atoms with Crippen LogP contribution in [0.5, 0.6) is 0 Å². The van der Waals surface area contributed by atoms with Gasteiger partial charge in [-0.05, 0) is 43.4 Å². The maximum absolute atomic E-state index is 5.20. The highest BCUT2D eigenvalue weighted by Crippen LogP contribution is 2.26. The third-order valence-electron chi connectivity index (χ3n) is 4.22. The normalized spacial score (nSPS) is 20.3. The van der Waals surface area contributed by atoms with Crippen molar-refractivity contribution in [3.05, 3.63) is 24.2 Å². The van der Waals surface area contributed by atoms with Crippen LogP contribution in [0.4, 0.5) is 0 Å². The van der Waals surface area contributed by atoms with Crippen LogP contribution in [0.2, 0.25) is 0 Å². The summed E-state index contributed by atoms with van der Waals surface area (Å²) in [6, 6.07) is 2.73. The third-order valence-corrected chi connectivity index (χ3v) is 4.22. The molecule has 2 nitrogen and oxygen atoms in total. The second-order valence-corrected chi connectivity index (χ2v) is 5.61. The summed E-state index contributed by atoms with van der Waals surface area (Å²) in [5.41, 5.74) is 1.34. The minimum atomic E-state index is 0.630. The molecule has 0 radical (unpaired) electrons. The van der Waals surface area contributed by atoms with Gasteiger partial charge in [-0.25, -0.2) is 0 Å². The standard InChI is InChI=1S/C16H27NO/c1-2-17-16(12-14-10-11-18-13-14)15-8-6-4-3-5-7-9-15/h10-11,13,15-17H,2-9,12H2,1H3. The number of furan rings is 1. The van der Waals surface area contributed by atoms with Gasteiger partial charge in [0.1, 0.15) is 0 Å². The van der Waals surface area contributed by atoms with Gasteiger partial charge < -0.3 is 9.73 Å². The zero-order valence-corrected chi connectivity index (χ0v) is 11.7. The van der Waals surface area contributed by atoms with E-state index in [0.29, 0.717) is 6.04 Å². The minimum absolute atomic E-state index is 0.630. The molecule has 2 rings (SSSR count). The van der Waals surface area contributed by atoms with Crippen molar-refractivity contribution in [3.63, 3.8) is 0 Å². The van der Waals surface area contributed by atoms with Crippen molar-refractivity contribution >= 4 is 0 Å². The van der Waals surface area contributed by atoms with Gasteiger partial charge in [0.2, 0.25) is 0 Å². The third kappa shape index (κ3) is 4.16. The molecule has 0 saturated heterocycles. The van der Waals surface area contributed by atoms with Crippen molar-refractivity contribution < 1.29 is 4.42 Å². The predicted octanol–water partition coefficient (Wildman–Crippen LogP) is 4.16. The van der Waals surface area contributed by atoms with Gasteiger partial charge in [0.25, 0.3) is 0 Å². The number of rotatable bonds is 5. The summed E-state index contributed by atoms with van der Waals surface area (Å²) in [5, 5.41) is 3.70. The van der Waals surface area contributed by atoms with Crippen LogP contribution in [-0.4, -0.2) is 12.6 Å². The molecule has 1 atom stereocenters. The van der Waals surface area contributed by atoms with Crippen LogP contribution < -0.4 is 5.32 Å². The zero-order valence-electron chi connectivity index (χ0n) is 11.7. The minimum Gasteiger partial charge on any atom is -0.472 e. The molecule has 1 aromatic rings. The average Bonchev–Trinajstić information content (AvgIpc) is 2.81. The smallest absolute Gasteiger partial charge is 0.0935 e. The van der Waals surface area contributed by atoms with Crippen molar-refractivity contribution in [2.24, 2.45) is 5.92 Å². The summed E-state index contributed by atoms with van der Waals surface area (Å²) in [6.45, 7) is 3.28. The van der Waals surface area contributed by atoms with Crippen LogP contribution in [0.3, 0.4) is 0 Å². The van der Waals surface area contributed by atoms with Gasteiger partial charge in [-0.3, -0.25) is 0 Å². The van der Waals surface area contributed by atoms with E-state index in [1.54, 1.807) is 6.26 Å². The van der Waals surface area contributed by atoms with E-state index in [-0.39, 0.29) is 0 Å². The molecule has 1 N–H and O–H groups in total. The number of hydrogen-bond acceptors (Lipinski definition) is 2. The molecule has 2 heteroatoms. The monoisotopic (exact) mass is 249 g/mol. The Kier molecular flexibility index (Phi) is 5.79. The number of likely N-dealkylation sites (N-methyl/N-ethyl adjacent to an activating group) is 1. The lowest BCUT2D eigenvalue weighted by Gasteiger charge is -2.29. The lowest BCUT2D eigenvalue weighted by atomic mass is 9.83. The Morgan fingerprint density at radius 3 is 2.56 bits per heavy atom. The fourth-order valence-electron chi connectivity index (χ4n) is 3.22. The highest BCUT2D eigenvalue weighted by Gasteiger charge is 2.21. The molecule has 102 valence electrons. The summed E-state index contributed by atoms with van der Waals surface area (Å²) < 4.78 is 5.20. The molecular weight excluding hydrogens is 222 g/mol. The van der Waals surface area contributed by atoms with Crippen LogP contribution >= 0.6 is 0 Å². The van der Waals surface area contributed by atoms with E-state index < -0.39 is 0 Å². The van der Waals surface area contributed by atoms with Gasteiger partial charge in [0, 0.05) is 6.04 Å². The second kappa shape index (κ2) is 7.63. The Morgan fingerprint density at radius 2 is 1.94 bits per heavy atom. The fourth-order valence-corrected chi connectivity index (χ4v) is 3.22. The molecule has 0 aromatic carbocycles. The predicted molar refractivity (Wildman–Crippen MR) is 75.7 cm³/mol. The zero-order chi connectivity index (χ0) is 12.6. The first-order chi connectivity index (χ1) is 8.90.